The summed E-state index contributed by atoms with van der Waals surface area (Å²) in [4.78, 5) is 0. The minimum absolute atomic E-state index is 1.23. The highest BCUT2D eigenvalue weighted by molar-refractivity contribution is 7.74. The largest absolute Gasteiger partial charge is 0.748 e. The summed E-state index contributed by atoms with van der Waals surface area (Å²) in [5, 5.41) is 7.56. The van der Waals surface area contributed by atoms with Crippen molar-refractivity contribution >= 4 is 11.4 Å². The van der Waals surface area contributed by atoms with Crippen LogP contribution in [0.3, 0.4) is 0 Å². The van der Waals surface area contributed by atoms with Gasteiger partial charge in [0.1, 0.15) is 11.4 Å². The molecule has 1 atom stereocenters. The first kappa shape index (κ1) is 6.36. The molecule has 0 rings (SSSR count). The third-order valence-corrected chi connectivity index (χ3v) is 0.375. The zero-order valence-electron chi connectivity index (χ0n) is 3.08. The average molecular weight is 121 g/mol. The Bertz CT molecular complexity index is 106. The first-order valence-corrected chi connectivity index (χ1v) is 2.18. The smallest absolute Gasteiger partial charge is 0.203 e. The molecule has 0 saturated carbocycles. The molecule has 7 heavy (non-hydrogen) atoms. The van der Waals surface area contributed by atoms with Gasteiger partial charge >= 0.3 is 0 Å². The monoisotopic (exact) mass is 121 g/mol. The number of hydrogen-bond donors (Lipinski definition) is 1. The molecular weight excluding hydrogens is 120 g/mol. The Balaban J connectivity index is 3.02. The first-order chi connectivity index (χ1) is 3.27. The van der Waals surface area contributed by atoms with Gasteiger partial charge < -0.3 is 4.55 Å². The summed E-state index contributed by atoms with van der Waals surface area (Å²) in [5.74, 6) is 0. The molecule has 0 aromatic carbocycles. The molecule has 0 spiro atoms. The highest BCUT2D eigenvalue weighted by atomic mass is 32.2. The van der Waals surface area contributed by atoms with Crippen molar-refractivity contribution in [3.05, 3.63) is 0 Å². The van der Waals surface area contributed by atoms with Crippen LogP contribution in [0.1, 0.15) is 0 Å². The maximum absolute atomic E-state index is 9.32. The summed E-state index contributed by atoms with van der Waals surface area (Å²) in [5.41, 5.74) is 1.44. The lowest BCUT2D eigenvalue weighted by molar-refractivity contribution is 0.244. The number of hydroxylamine groups is 1. The molecular formula is CHN2O3S-. The maximum Gasteiger partial charge on any atom is 0.203 e. The SMILES string of the molecule is N#CNOS(=O)[O-]. The van der Waals surface area contributed by atoms with Gasteiger partial charge in [0, 0.05) is 0 Å². The zero-order chi connectivity index (χ0) is 5.70. The van der Waals surface area contributed by atoms with Crippen LogP contribution in [-0.2, 0) is 15.6 Å². The molecule has 0 aliphatic carbocycles. The van der Waals surface area contributed by atoms with Crippen molar-refractivity contribution in [3.63, 3.8) is 0 Å². The molecule has 0 heterocycles. The van der Waals surface area contributed by atoms with E-state index in [9.17, 15) is 8.76 Å². The summed E-state index contributed by atoms with van der Waals surface area (Å²) in [7, 11) is 0. The van der Waals surface area contributed by atoms with Crippen LogP contribution in [0.5, 0.6) is 0 Å². The van der Waals surface area contributed by atoms with Crippen LogP contribution in [0.25, 0.3) is 0 Å². The zero-order valence-corrected chi connectivity index (χ0v) is 3.90. The van der Waals surface area contributed by atoms with E-state index < -0.39 is 11.4 Å². The van der Waals surface area contributed by atoms with Gasteiger partial charge in [0.2, 0.25) is 6.19 Å². The fraction of sp³-hybridized carbons (Fsp3) is 0. The molecule has 1 unspecified atom stereocenters. The van der Waals surface area contributed by atoms with Crippen LogP contribution in [0.15, 0.2) is 0 Å². The van der Waals surface area contributed by atoms with Gasteiger partial charge in [0.15, 0.2) is 0 Å². The number of rotatable bonds is 2. The van der Waals surface area contributed by atoms with E-state index in [1.807, 2.05) is 0 Å². The quantitative estimate of drug-likeness (QED) is 0.214. The predicted octanol–water partition coefficient (Wildman–Crippen LogP) is -1.22. The standard InChI is InChI=1S/CH2N2O3S/c2-1-3-6-7(4)5/h3H,(H,4,5)/p-1. The summed E-state index contributed by atoms with van der Waals surface area (Å²) >= 11 is -2.65. The van der Waals surface area contributed by atoms with Crippen molar-refractivity contribution in [1.29, 1.82) is 5.26 Å². The normalized spacial score (nSPS) is 12.0. The fourth-order valence-corrected chi connectivity index (χ4v) is 0.158. The highest BCUT2D eigenvalue weighted by Crippen LogP contribution is 1.65. The molecule has 0 radical (unpaired) electrons. The van der Waals surface area contributed by atoms with Crippen molar-refractivity contribution in [2.45, 2.75) is 0 Å². The number of nitrogens with zero attached hydrogens (tertiary/aromatic N) is 1. The topological polar surface area (TPSA) is 85.2 Å². The van der Waals surface area contributed by atoms with E-state index >= 15 is 0 Å². The van der Waals surface area contributed by atoms with Gasteiger partial charge in [0.05, 0.1) is 0 Å². The summed E-state index contributed by atoms with van der Waals surface area (Å²) < 4.78 is 22.1. The molecule has 0 amide bonds. The lowest BCUT2D eigenvalue weighted by Crippen LogP contribution is -2.08. The van der Waals surface area contributed by atoms with Crippen LogP contribution >= 0.6 is 0 Å². The van der Waals surface area contributed by atoms with Gasteiger partial charge in [-0.05, 0) is 0 Å². The van der Waals surface area contributed by atoms with Crippen molar-refractivity contribution in [1.82, 2.24) is 5.48 Å². The molecule has 0 bridgehead atoms. The summed E-state index contributed by atoms with van der Waals surface area (Å²) in [6, 6.07) is 0. The van der Waals surface area contributed by atoms with Gasteiger partial charge in [0.25, 0.3) is 0 Å². The second kappa shape index (κ2) is 3.55. The lowest BCUT2D eigenvalue weighted by atomic mass is 11.5. The van der Waals surface area contributed by atoms with Crippen LogP contribution in [0.2, 0.25) is 0 Å². The molecule has 1 N–H and O–H groups in total. The van der Waals surface area contributed by atoms with Crippen molar-refractivity contribution in [2.24, 2.45) is 0 Å². The van der Waals surface area contributed by atoms with Gasteiger partial charge in [-0.3, -0.25) is 0 Å². The molecule has 6 heteroatoms. The second-order valence-corrected chi connectivity index (χ2v) is 1.08. The molecule has 0 fully saturated rings. The summed E-state index contributed by atoms with van der Waals surface area (Å²) in [6.07, 6.45) is 1.23. The second-order valence-electron chi connectivity index (χ2n) is 0.501. The van der Waals surface area contributed by atoms with Gasteiger partial charge in [-0.25, -0.2) is 4.21 Å². The van der Waals surface area contributed by atoms with Gasteiger partial charge in [-0.2, -0.15) is 15.0 Å². The fourth-order valence-electron chi connectivity index (χ4n) is 0.0527. The third-order valence-electron chi connectivity index (χ3n) is 0.155. The van der Waals surface area contributed by atoms with Crippen LogP contribution in [0, 0.1) is 11.5 Å². The van der Waals surface area contributed by atoms with E-state index in [1.165, 1.54) is 11.7 Å². The Morgan fingerprint density at radius 3 is 2.71 bits per heavy atom. The number of nitrogens with one attached hydrogen (secondary N) is 1. The lowest BCUT2D eigenvalue weighted by Gasteiger charge is -1.97. The van der Waals surface area contributed by atoms with Gasteiger partial charge in [-0.15, -0.1) is 0 Å². The third kappa shape index (κ3) is 5.36. The first-order valence-electron chi connectivity index (χ1n) is 1.18. The van der Waals surface area contributed by atoms with E-state index in [0.29, 0.717) is 0 Å². The Morgan fingerprint density at radius 2 is 2.57 bits per heavy atom. The Labute approximate surface area is 42.3 Å². The minimum atomic E-state index is -2.65. The molecule has 40 valence electrons. The molecule has 0 aromatic heterocycles. The van der Waals surface area contributed by atoms with Crippen LogP contribution in [-0.4, -0.2) is 8.76 Å². The minimum Gasteiger partial charge on any atom is -0.748 e. The summed E-state index contributed by atoms with van der Waals surface area (Å²) in [6.45, 7) is 0. The molecule has 5 nitrogen and oxygen atoms in total. The molecule has 0 aliphatic heterocycles. The average Bonchev–Trinajstić information content (AvgIpc) is 1.61. The van der Waals surface area contributed by atoms with E-state index in [2.05, 4.69) is 4.28 Å². The van der Waals surface area contributed by atoms with Crippen LogP contribution < -0.4 is 5.48 Å². The van der Waals surface area contributed by atoms with Crippen molar-refractivity contribution < 1.29 is 13.0 Å². The number of hydrogen-bond acceptors (Lipinski definition) is 5. The maximum atomic E-state index is 9.32. The Hall–Kier alpha value is -0.640. The van der Waals surface area contributed by atoms with Crippen molar-refractivity contribution in [2.75, 3.05) is 0 Å². The van der Waals surface area contributed by atoms with E-state index in [-0.39, 0.29) is 0 Å². The van der Waals surface area contributed by atoms with E-state index in [1.54, 1.807) is 0 Å². The van der Waals surface area contributed by atoms with Crippen molar-refractivity contribution in [3.8, 4) is 6.19 Å². The Kier molecular flexibility index (Phi) is 3.22. The predicted molar refractivity (Wildman–Crippen MR) is 18.8 cm³/mol. The molecule has 0 aliphatic rings. The van der Waals surface area contributed by atoms with E-state index in [4.69, 9.17) is 5.26 Å². The van der Waals surface area contributed by atoms with E-state index in [0.717, 1.165) is 0 Å². The Morgan fingerprint density at radius 1 is 2.00 bits per heavy atom. The highest BCUT2D eigenvalue weighted by Gasteiger charge is 1.73. The number of nitriles is 1. The van der Waals surface area contributed by atoms with Crippen LogP contribution in [0.4, 0.5) is 0 Å². The molecule has 0 saturated heterocycles. The molecule has 0 aromatic rings. The van der Waals surface area contributed by atoms with Gasteiger partial charge in [-0.1, -0.05) is 0 Å².